The Hall–Kier alpha value is -2.37. The first-order chi connectivity index (χ1) is 10.6. The maximum atomic E-state index is 11.1. The Kier molecular flexibility index (Phi) is 5.52. The van der Waals surface area contributed by atoms with E-state index in [2.05, 4.69) is 4.98 Å². The lowest BCUT2D eigenvalue weighted by Crippen LogP contribution is -2.15. The molecule has 1 atom stereocenters. The van der Waals surface area contributed by atoms with Gasteiger partial charge >= 0.3 is 11.9 Å². The third-order valence-electron chi connectivity index (χ3n) is 3.59. The summed E-state index contributed by atoms with van der Waals surface area (Å²) in [5, 5.41) is 17.7. The van der Waals surface area contributed by atoms with Gasteiger partial charge in [-0.3, -0.25) is 9.59 Å². The fraction of sp³-hybridized carbons (Fsp3) is 0.438. The van der Waals surface area contributed by atoms with Crippen molar-refractivity contribution in [3.05, 3.63) is 30.2 Å². The van der Waals surface area contributed by atoms with Gasteiger partial charge in [-0.25, -0.2) is 4.98 Å². The summed E-state index contributed by atoms with van der Waals surface area (Å²) in [4.78, 5) is 25.9. The molecule has 6 nitrogen and oxygen atoms in total. The molecule has 0 saturated heterocycles. The number of aromatic nitrogens is 1. The summed E-state index contributed by atoms with van der Waals surface area (Å²) >= 11 is 0. The number of carbonyl (C=O) groups is 2. The Bertz CT molecular complexity index is 616. The molecule has 0 aliphatic carbocycles. The Morgan fingerprint density at radius 1 is 1.14 bits per heavy atom. The maximum absolute atomic E-state index is 11.1. The normalized spacial score (nSPS) is 12.4. The number of oxazole rings is 1. The van der Waals surface area contributed by atoms with Gasteiger partial charge in [0.2, 0.25) is 0 Å². The number of hydrogen-bond donors (Lipinski definition) is 2. The number of unbranched alkanes of at least 4 members (excludes halogenated alkanes) is 1. The number of carboxylic acids is 2. The van der Waals surface area contributed by atoms with E-state index in [9.17, 15) is 9.59 Å². The van der Waals surface area contributed by atoms with Crippen molar-refractivity contribution in [2.24, 2.45) is 5.92 Å². The summed E-state index contributed by atoms with van der Waals surface area (Å²) < 4.78 is 5.60. The molecule has 0 radical (unpaired) electrons. The summed E-state index contributed by atoms with van der Waals surface area (Å²) in [5.41, 5.74) is 1.57. The number of nitrogens with zero attached hydrogens (tertiary/aromatic N) is 1. The Morgan fingerprint density at radius 2 is 1.91 bits per heavy atom. The lowest BCUT2D eigenvalue weighted by molar-refractivity contribution is -0.143. The predicted molar refractivity (Wildman–Crippen MR) is 79.6 cm³/mol. The minimum Gasteiger partial charge on any atom is -0.481 e. The SMILES string of the molecule is O=C(O)CCC(CCCCc1nc2ccccc2o1)C(=O)O. The van der Waals surface area contributed by atoms with Crippen molar-refractivity contribution in [3.8, 4) is 0 Å². The topological polar surface area (TPSA) is 101 Å². The van der Waals surface area contributed by atoms with Crippen LogP contribution in [0, 0.1) is 5.92 Å². The van der Waals surface area contributed by atoms with Crippen molar-refractivity contribution >= 4 is 23.0 Å². The molecule has 0 bridgehead atoms. The Balaban J connectivity index is 1.77. The lowest BCUT2D eigenvalue weighted by Gasteiger charge is -2.10. The highest BCUT2D eigenvalue weighted by molar-refractivity contribution is 5.72. The van der Waals surface area contributed by atoms with Crippen LogP contribution in [0.4, 0.5) is 0 Å². The smallest absolute Gasteiger partial charge is 0.306 e. The zero-order chi connectivity index (χ0) is 15.9. The van der Waals surface area contributed by atoms with E-state index >= 15 is 0 Å². The Labute approximate surface area is 127 Å². The molecule has 2 aromatic rings. The molecule has 2 rings (SSSR count). The first kappa shape index (κ1) is 16.0. The number of para-hydroxylation sites is 2. The van der Waals surface area contributed by atoms with E-state index in [0.29, 0.717) is 25.2 Å². The zero-order valence-corrected chi connectivity index (χ0v) is 12.2. The van der Waals surface area contributed by atoms with Crippen LogP contribution < -0.4 is 0 Å². The van der Waals surface area contributed by atoms with E-state index in [1.165, 1.54) is 0 Å². The molecule has 22 heavy (non-hydrogen) atoms. The van der Waals surface area contributed by atoms with Gasteiger partial charge in [-0.05, 0) is 31.4 Å². The molecule has 0 saturated carbocycles. The number of carboxylic acid groups (broad SMARTS) is 2. The molecule has 0 amide bonds. The molecule has 1 aromatic carbocycles. The summed E-state index contributed by atoms with van der Waals surface area (Å²) in [6.07, 6.45) is 2.66. The first-order valence-electron chi connectivity index (χ1n) is 7.35. The van der Waals surface area contributed by atoms with Crippen molar-refractivity contribution in [2.75, 3.05) is 0 Å². The van der Waals surface area contributed by atoms with Crippen molar-refractivity contribution < 1.29 is 24.2 Å². The lowest BCUT2D eigenvalue weighted by atomic mass is 9.96. The van der Waals surface area contributed by atoms with Crippen LogP contribution >= 0.6 is 0 Å². The monoisotopic (exact) mass is 305 g/mol. The van der Waals surface area contributed by atoms with Gasteiger partial charge in [-0.15, -0.1) is 0 Å². The second-order valence-electron chi connectivity index (χ2n) is 5.29. The average Bonchev–Trinajstić information content (AvgIpc) is 2.88. The minimum absolute atomic E-state index is 0.109. The molecule has 1 unspecified atom stereocenters. The van der Waals surface area contributed by atoms with Crippen LogP contribution in [-0.2, 0) is 16.0 Å². The van der Waals surface area contributed by atoms with Crippen LogP contribution in [0.1, 0.15) is 38.0 Å². The van der Waals surface area contributed by atoms with Crippen molar-refractivity contribution in [2.45, 2.75) is 38.5 Å². The van der Waals surface area contributed by atoms with E-state index in [1.807, 2.05) is 24.3 Å². The van der Waals surface area contributed by atoms with Crippen molar-refractivity contribution in [3.63, 3.8) is 0 Å². The van der Waals surface area contributed by atoms with Gasteiger partial charge in [0.05, 0.1) is 5.92 Å². The highest BCUT2D eigenvalue weighted by Gasteiger charge is 2.18. The molecule has 6 heteroatoms. The fourth-order valence-corrected chi connectivity index (χ4v) is 2.38. The summed E-state index contributed by atoms with van der Waals surface area (Å²) in [6.45, 7) is 0. The highest BCUT2D eigenvalue weighted by Crippen LogP contribution is 2.19. The standard InChI is InChI=1S/C16H19NO5/c18-15(19)10-9-11(16(20)21)5-1-4-8-14-17-12-6-2-3-7-13(12)22-14/h2-3,6-7,11H,1,4-5,8-10H2,(H,18,19)(H,20,21). The van der Waals surface area contributed by atoms with E-state index in [0.717, 1.165) is 17.5 Å². The second-order valence-corrected chi connectivity index (χ2v) is 5.29. The largest absolute Gasteiger partial charge is 0.481 e. The number of aliphatic carboxylic acids is 2. The number of fused-ring (bicyclic) bond motifs is 1. The van der Waals surface area contributed by atoms with Gasteiger partial charge in [0.1, 0.15) is 5.52 Å². The number of aryl methyl sites for hydroxylation is 1. The van der Waals surface area contributed by atoms with Crippen LogP contribution in [0.15, 0.2) is 28.7 Å². The van der Waals surface area contributed by atoms with Crippen LogP contribution in [0.25, 0.3) is 11.1 Å². The highest BCUT2D eigenvalue weighted by atomic mass is 16.4. The molecule has 1 aromatic heterocycles. The molecular weight excluding hydrogens is 286 g/mol. The summed E-state index contributed by atoms with van der Waals surface area (Å²) in [6, 6.07) is 7.53. The number of hydrogen-bond acceptors (Lipinski definition) is 4. The van der Waals surface area contributed by atoms with E-state index in [-0.39, 0.29) is 12.8 Å². The van der Waals surface area contributed by atoms with Gasteiger partial charge in [0.25, 0.3) is 0 Å². The van der Waals surface area contributed by atoms with Crippen molar-refractivity contribution in [1.82, 2.24) is 4.98 Å². The zero-order valence-electron chi connectivity index (χ0n) is 12.2. The minimum atomic E-state index is -0.960. The third kappa shape index (κ3) is 4.58. The fourth-order valence-electron chi connectivity index (χ4n) is 2.38. The molecule has 118 valence electrons. The average molecular weight is 305 g/mol. The van der Waals surface area contributed by atoms with Gasteiger partial charge in [0, 0.05) is 12.8 Å². The van der Waals surface area contributed by atoms with Crippen molar-refractivity contribution in [1.29, 1.82) is 0 Å². The van der Waals surface area contributed by atoms with Gasteiger partial charge in [-0.1, -0.05) is 18.6 Å². The van der Waals surface area contributed by atoms with Gasteiger partial charge in [-0.2, -0.15) is 0 Å². The summed E-state index contributed by atoms with van der Waals surface area (Å²) in [7, 11) is 0. The Morgan fingerprint density at radius 3 is 2.59 bits per heavy atom. The molecule has 1 heterocycles. The molecule has 0 aliphatic heterocycles. The van der Waals surface area contributed by atoms with Gasteiger partial charge < -0.3 is 14.6 Å². The number of benzene rings is 1. The van der Waals surface area contributed by atoms with Crippen LogP contribution in [0.5, 0.6) is 0 Å². The molecule has 0 fully saturated rings. The van der Waals surface area contributed by atoms with Gasteiger partial charge in [0.15, 0.2) is 11.5 Å². The molecule has 0 aliphatic rings. The third-order valence-corrected chi connectivity index (χ3v) is 3.59. The number of rotatable bonds is 9. The van der Waals surface area contributed by atoms with Crippen LogP contribution in [-0.4, -0.2) is 27.1 Å². The van der Waals surface area contributed by atoms with Crippen LogP contribution in [0.3, 0.4) is 0 Å². The molecule has 0 spiro atoms. The van der Waals surface area contributed by atoms with E-state index in [1.54, 1.807) is 0 Å². The van der Waals surface area contributed by atoms with E-state index in [4.69, 9.17) is 14.6 Å². The van der Waals surface area contributed by atoms with Crippen LogP contribution in [0.2, 0.25) is 0 Å². The first-order valence-corrected chi connectivity index (χ1v) is 7.35. The predicted octanol–water partition coefficient (Wildman–Crippen LogP) is 3.11. The summed E-state index contributed by atoms with van der Waals surface area (Å²) in [5.74, 6) is -1.83. The quantitative estimate of drug-likeness (QED) is 0.690. The molecule has 2 N–H and O–H groups in total. The van der Waals surface area contributed by atoms with E-state index < -0.39 is 17.9 Å². The maximum Gasteiger partial charge on any atom is 0.306 e. The molecular formula is C16H19NO5. The second kappa shape index (κ2) is 7.59.